The number of piperidine rings is 1. The van der Waals surface area contributed by atoms with Gasteiger partial charge in [0.05, 0.1) is 26.8 Å². The maximum atomic E-state index is 13.3. The van der Waals surface area contributed by atoms with Crippen LogP contribution in [0.2, 0.25) is 0 Å². The number of hydrogen-bond acceptors (Lipinski definition) is 6. The Hall–Kier alpha value is -2.39. The normalized spacial score (nSPS) is 17.9. The maximum absolute atomic E-state index is 13.3. The highest BCUT2D eigenvalue weighted by molar-refractivity contribution is 7.91. The van der Waals surface area contributed by atoms with Crippen LogP contribution in [0, 0.1) is 10.8 Å². The van der Waals surface area contributed by atoms with Gasteiger partial charge in [0.2, 0.25) is 0 Å². The van der Waals surface area contributed by atoms with Crippen molar-refractivity contribution in [2.75, 3.05) is 35.3 Å². The lowest BCUT2D eigenvalue weighted by Crippen LogP contribution is -2.35. The summed E-state index contributed by atoms with van der Waals surface area (Å²) in [6.07, 6.45) is 5.71. The Balaban J connectivity index is 1.62. The quantitative estimate of drug-likeness (QED) is 0.602. The zero-order valence-electron chi connectivity index (χ0n) is 20.8. The molecule has 0 unspecified atom stereocenters. The third-order valence-corrected chi connectivity index (χ3v) is 10.2. The number of nitrogens with zero attached hydrogens (tertiary/aromatic N) is 1. The number of sulfone groups is 2. The van der Waals surface area contributed by atoms with E-state index in [2.05, 4.69) is 10.2 Å². The van der Waals surface area contributed by atoms with Crippen LogP contribution >= 0.6 is 0 Å². The van der Waals surface area contributed by atoms with Crippen LogP contribution in [0.3, 0.4) is 0 Å². The molecule has 0 radical (unpaired) electrons. The number of rotatable bonds is 6. The van der Waals surface area contributed by atoms with Crippen molar-refractivity contribution in [1.82, 2.24) is 0 Å². The first-order valence-corrected chi connectivity index (χ1v) is 15.5. The van der Waals surface area contributed by atoms with Gasteiger partial charge in [0.15, 0.2) is 19.7 Å². The van der Waals surface area contributed by atoms with Crippen molar-refractivity contribution in [3.63, 3.8) is 0 Å². The monoisotopic (exact) mass is 518 g/mol. The highest BCUT2D eigenvalue weighted by atomic mass is 32.2. The third-order valence-electron chi connectivity index (χ3n) is 6.84. The number of amides is 1. The Morgan fingerprint density at radius 1 is 0.943 bits per heavy atom. The van der Waals surface area contributed by atoms with Gasteiger partial charge in [-0.3, -0.25) is 4.79 Å². The lowest BCUT2D eigenvalue weighted by molar-refractivity contribution is 0.102. The molecule has 1 spiro atoms. The predicted octanol–water partition coefficient (Wildman–Crippen LogP) is 4.54. The number of nitrogens with one attached hydrogen (secondary N) is 1. The molecule has 4 rings (SSSR count). The van der Waals surface area contributed by atoms with E-state index in [1.807, 2.05) is 20.8 Å². The van der Waals surface area contributed by atoms with E-state index in [0.717, 1.165) is 32.2 Å². The number of benzene rings is 2. The summed E-state index contributed by atoms with van der Waals surface area (Å²) in [5.74, 6) is -0.414. The summed E-state index contributed by atoms with van der Waals surface area (Å²) in [6, 6.07) is 10.8. The van der Waals surface area contributed by atoms with Gasteiger partial charge in [-0.15, -0.1) is 0 Å². The summed E-state index contributed by atoms with van der Waals surface area (Å²) >= 11 is 0. The summed E-state index contributed by atoms with van der Waals surface area (Å²) in [5, 5.41) is 2.82. The van der Waals surface area contributed by atoms with Crippen LogP contribution in [0.1, 0.15) is 56.8 Å². The molecule has 0 aromatic heterocycles. The predicted molar refractivity (Wildman–Crippen MR) is 139 cm³/mol. The standard InChI is InChI=1S/C26H34N2O5S2/c1-25(2,3)18-35(32,33)21-7-5-6-19(16-21)27-24(29)22-9-8-20(34(4,30)31)17-23(22)28-14-12-26(10-11-26)13-15-28/h5-9,16-17H,10-15,18H2,1-4H3,(H,27,29). The summed E-state index contributed by atoms with van der Waals surface area (Å²) in [5.41, 5.74) is 1.37. The topological polar surface area (TPSA) is 101 Å². The highest BCUT2D eigenvalue weighted by Gasteiger charge is 2.44. The van der Waals surface area contributed by atoms with Gasteiger partial charge in [-0.05, 0) is 72.9 Å². The summed E-state index contributed by atoms with van der Waals surface area (Å²) in [4.78, 5) is 15.8. The Kier molecular flexibility index (Phi) is 6.55. The van der Waals surface area contributed by atoms with Crippen LogP contribution in [0.4, 0.5) is 11.4 Å². The Morgan fingerprint density at radius 3 is 2.17 bits per heavy atom. The summed E-state index contributed by atoms with van der Waals surface area (Å²) < 4.78 is 50.1. The largest absolute Gasteiger partial charge is 0.371 e. The van der Waals surface area contributed by atoms with Crippen molar-refractivity contribution < 1.29 is 21.6 Å². The molecule has 1 aliphatic heterocycles. The molecule has 190 valence electrons. The average Bonchev–Trinajstić information content (AvgIpc) is 3.50. The third kappa shape index (κ3) is 6.06. The molecule has 1 aliphatic carbocycles. The van der Waals surface area contributed by atoms with E-state index in [-0.39, 0.29) is 15.5 Å². The van der Waals surface area contributed by atoms with Crippen molar-refractivity contribution in [3.05, 3.63) is 48.0 Å². The van der Waals surface area contributed by atoms with E-state index < -0.39 is 31.0 Å². The van der Waals surface area contributed by atoms with Gasteiger partial charge in [0, 0.05) is 25.0 Å². The first-order chi connectivity index (χ1) is 16.2. The van der Waals surface area contributed by atoms with Crippen molar-refractivity contribution in [1.29, 1.82) is 0 Å². The molecule has 1 N–H and O–H groups in total. The van der Waals surface area contributed by atoms with Gasteiger partial charge < -0.3 is 10.2 Å². The van der Waals surface area contributed by atoms with Crippen molar-refractivity contribution in [2.24, 2.45) is 10.8 Å². The second kappa shape index (κ2) is 8.92. The van der Waals surface area contributed by atoms with E-state index in [4.69, 9.17) is 0 Å². The van der Waals surface area contributed by atoms with E-state index >= 15 is 0 Å². The lowest BCUT2D eigenvalue weighted by atomic mass is 9.93. The van der Waals surface area contributed by atoms with Gasteiger partial charge in [-0.25, -0.2) is 16.8 Å². The van der Waals surface area contributed by atoms with Crippen LogP contribution < -0.4 is 10.2 Å². The molecular formula is C26H34N2O5S2. The maximum Gasteiger partial charge on any atom is 0.257 e. The van der Waals surface area contributed by atoms with Gasteiger partial charge in [0.25, 0.3) is 5.91 Å². The van der Waals surface area contributed by atoms with Gasteiger partial charge in [-0.2, -0.15) is 0 Å². The minimum atomic E-state index is -3.52. The van der Waals surface area contributed by atoms with Gasteiger partial charge in [-0.1, -0.05) is 26.8 Å². The molecule has 9 heteroatoms. The molecule has 2 aromatic carbocycles. The lowest BCUT2D eigenvalue weighted by Gasteiger charge is -2.35. The summed E-state index contributed by atoms with van der Waals surface area (Å²) in [7, 11) is -6.96. The molecule has 1 saturated carbocycles. The van der Waals surface area contributed by atoms with E-state index in [1.165, 1.54) is 31.0 Å². The van der Waals surface area contributed by atoms with E-state index in [0.29, 0.717) is 22.4 Å². The fraction of sp³-hybridized carbons (Fsp3) is 0.500. The first-order valence-electron chi connectivity index (χ1n) is 11.9. The average molecular weight is 519 g/mol. The molecule has 2 aliphatic rings. The Bertz CT molecular complexity index is 1340. The molecule has 0 atom stereocenters. The smallest absolute Gasteiger partial charge is 0.257 e. The Morgan fingerprint density at radius 2 is 1.60 bits per heavy atom. The van der Waals surface area contributed by atoms with Crippen LogP contribution in [0.25, 0.3) is 0 Å². The number of carbonyl (C=O) groups is 1. The number of anilines is 2. The Labute approximate surface area is 208 Å². The highest BCUT2D eigenvalue weighted by Crippen LogP contribution is 2.54. The molecular weight excluding hydrogens is 484 g/mol. The van der Waals surface area contributed by atoms with Crippen molar-refractivity contribution >= 4 is 37.0 Å². The second-order valence-electron chi connectivity index (χ2n) is 11.2. The fourth-order valence-corrected chi connectivity index (χ4v) is 7.25. The van der Waals surface area contributed by atoms with Crippen molar-refractivity contribution in [2.45, 2.75) is 56.2 Å². The van der Waals surface area contributed by atoms with Crippen LogP contribution in [-0.2, 0) is 19.7 Å². The van der Waals surface area contributed by atoms with Crippen LogP contribution in [0.5, 0.6) is 0 Å². The molecule has 1 amide bonds. The summed E-state index contributed by atoms with van der Waals surface area (Å²) in [6.45, 7) is 7.14. The fourth-order valence-electron chi connectivity index (χ4n) is 4.71. The molecule has 2 fully saturated rings. The van der Waals surface area contributed by atoms with E-state index in [1.54, 1.807) is 24.3 Å². The van der Waals surface area contributed by atoms with E-state index in [9.17, 15) is 21.6 Å². The molecule has 7 nitrogen and oxygen atoms in total. The van der Waals surface area contributed by atoms with Gasteiger partial charge >= 0.3 is 0 Å². The van der Waals surface area contributed by atoms with Crippen LogP contribution in [-0.4, -0.2) is 47.8 Å². The minimum Gasteiger partial charge on any atom is -0.371 e. The number of hydrogen-bond donors (Lipinski definition) is 1. The number of carbonyl (C=O) groups excluding carboxylic acids is 1. The molecule has 1 saturated heterocycles. The zero-order valence-corrected chi connectivity index (χ0v) is 22.4. The zero-order chi connectivity index (χ0) is 25.6. The van der Waals surface area contributed by atoms with Crippen molar-refractivity contribution in [3.8, 4) is 0 Å². The molecule has 0 bridgehead atoms. The first kappa shape index (κ1) is 25.7. The van der Waals surface area contributed by atoms with Crippen LogP contribution in [0.15, 0.2) is 52.3 Å². The molecule has 2 aromatic rings. The molecule has 35 heavy (non-hydrogen) atoms. The minimum absolute atomic E-state index is 0.00898. The van der Waals surface area contributed by atoms with Gasteiger partial charge in [0.1, 0.15) is 0 Å². The SMILES string of the molecule is CC(C)(C)CS(=O)(=O)c1cccc(NC(=O)c2ccc(S(C)(=O)=O)cc2N2CCC3(CC2)CC3)c1. The second-order valence-corrected chi connectivity index (χ2v) is 15.2. The molecule has 1 heterocycles.